The summed E-state index contributed by atoms with van der Waals surface area (Å²) in [6.07, 6.45) is 5.55. The van der Waals surface area contributed by atoms with Gasteiger partial charge in [-0.25, -0.2) is 8.42 Å². The van der Waals surface area contributed by atoms with Crippen LogP contribution in [0.2, 0.25) is 0 Å². The summed E-state index contributed by atoms with van der Waals surface area (Å²) < 4.78 is 28.9. The summed E-state index contributed by atoms with van der Waals surface area (Å²) in [5.41, 5.74) is 0. The van der Waals surface area contributed by atoms with Crippen LogP contribution in [0, 0.1) is 5.92 Å². The van der Waals surface area contributed by atoms with Gasteiger partial charge in [0.05, 0.1) is 10.2 Å². The Morgan fingerprint density at radius 2 is 2.12 bits per heavy atom. The molecule has 0 spiro atoms. The van der Waals surface area contributed by atoms with Gasteiger partial charge in [-0.2, -0.15) is 0 Å². The molecule has 1 aliphatic carbocycles. The molecule has 1 fully saturated rings. The molecule has 2 aliphatic rings. The predicted molar refractivity (Wildman–Crippen MR) is 59.4 cm³/mol. The second-order valence-electron chi connectivity index (χ2n) is 4.45. The highest BCUT2D eigenvalue weighted by Gasteiger charge is 2.42. The molecule has 0 aromatic carbocycles. The topological polar surface area (TPSA) is 60.4 Å². The lowest BCUT2D eigenvalue weighted by Gasteiger charge is -2.23. The molecule has 2 atom stereocenters. The number of fused-ring (bicyclic) bond motifs is 1. The van der Waals surface area contributed by atoms with Gasteiger partial charge in [0.1, 0.15) is 6.61 Å². The van der Waals surface area contributed by atoms with Crippen molar-refractivity contribution >= 4 is 15.8 Å². The molecule has 0 saturated heterocycles. The predicted octanol–water partition coefficient (Wildman–Crippen LogP) is 1.42. The first kappa shape index (κ1) is 11.6. The van der Waals surface area contributed by atoms with Gasteiger partial charge in [-0.1, -0.05) is 18.9 Å². The lowest BCUT2D eigenvalue weighted by Crippen LogP contribution is -2.27. The van der Waals surface area contributed by atoms with E-state index in [1.807, 2.05) is 0 Å². The van der Waals surface area contributed by atoms with Gasteiger partial charge in [0, 0.05) is 6.92 Å². The van der Waals surface area contributed by atoms with Crippen LogP contribution in [0.5, 0.6) is 0 Å². The van der Waals surface area contributed by atoms with Gasteiger partial charge in [-0.15, -0.1) is 0 Å². The Labute approximate surface area is 95.6 Å². The van der Waals surface area contributed by atoms with Crippen LogP contribution >= 0.6 is 0 Å². The molecule has 4 nitrogen and oxygen atoms in total. The van der Waals surface area contributed by atoms with E-state index in [-0.39, 0.29) is 17.8 Å². The zero-order chi connectivity index (χ0) is 11.8. The maximum absolute atomic E-state index is 12.1. The van der Waals surface area contributed by atoms with E-state index in [0.29, 0.717) is 4.91 Å². The van der Waals surface area contributed by atoms with Crippen molar-refractivity contribution in [1.82, 2.24) is 0 Å². The highest BCUT2D eigenvalue weighted by Crippen LogP contribution is 2.39. The van der Waals surface area contributed by atoms with Crippen LogP contribution in [0.3, 0.4) is 0 Å². The number of hydrogen-bond acceptors (Lipinski definition) is 4. The van der Waals surface area contributed by atoms with Gasteiger partial charge >= 0.3 is 5.97 Å². The van der Waals surface area contributed by atoms with Crippen LogP contribution in [0.1, 0.15) is 32.6 Å². The molecular formula is C11H16O4S. The average molecular weight is 244 g/mol. The van der Waals surface area contributed by atoms with Crippen molar-refractivity contribution in [2.75, 3.05) is 6.61 Å². The van der Waals surface area contributed by atoms with Crippen LogP contribution in [-0.4, -0.2) is 26.2 Å². The van der Waals surface area contributed by atoms with Crippen molar-refractivity contribution in [3.8, 4) is 0 Å². The Hall–Kier alpha value is -0.840. The van der Waals surface area contributed by atoms with Crippen molar-refractivity contribution in [3.63, 3.8) is 0 Å². The minimum atomic E-state index is -3.20. The normalized spacial score (nSPS) is 31.7. The SMILES string of the molecule is CC(=O)OCC1=CC2CCCCC2S1(=O)=O. The van der Waals surface area contributed by atoms with Crippen molar-refractivity contribution in [2.24, 2.45) is 5.92 Å². The highest BCUT2D eigenvalue weighted by molar-refractivity contribution is 7.96. The van der Waals surface area contributed by atoms with E-state index in [2.05, 4.69) is 0 Å². The molecule has 1 saturated carbocycles. The number of rotatable bonds is 2. The number of hydrogen-bond donors (Lipinski definition) is 0. The fourth-order valence-corrected chi connectivity index (χ4v) is 4.66. The minimum absolute atomic E-state index is 0.0926. The zero-order valence-corrected chi connectivity index (χ0v) is 10.1. The summed E-state index contributed by atoms with van der Waals surface area (Å²) in [6.45, 7) is 1.19. The molecule has 0 aromatic rings. The van der Waals surface area contributed by atoms with Crippen LogP contribution in [-0.2, 0) is 19.4 Å². The van der Waals surface area contributed by atoms with Crippen LogP contribution in [0.15, 0.2) is 11.0 Å². The summed E-state index contributed by atoms with van der Waals surface area (Å²) in [5, 5.41) is -0.258. The number of carbonyl (C=O) groups is 1. The number of carbonyl (C=O) groups excluding carboxylic acids is 1. The first-order chi connectivity index (χ1) is 7.51. The van der Waals surface area contributed by atoms with E-state index < -0.39 is 15.8 Å². The molecule has 0 amide bonds. The Balaban J connectivity index is 2.15. The van der Waals surface area contributed by atoms with Gasteiger partial charge in [-0.05, 0) is 18.8 Å². The van der Waals surface area contributed by atoms with Crippen molar-refractivity contribution in [1.29, 1.82) is 0 Å². The van der Waals surface area contributed by atoms with E-state index >= 15 is 0 Å². The standard InChI is InChI=1S/C11H16O4S/c1-8(12)15-7-10-6-9-4-2-3-5-11(9)16(10,13)14/h6,9,11H,2-5,7H2,1H3. The maximum atomic E-state index is 12.1. The molecule has 1 heterocycles. The fourth-order valence-electron chi connectivity index (χ4n) is 2.53. The summed E-state index contributed by atoms with van der Waals surface area (Å²) in [4.78, 5) is 11.0. The highest BCUT2D eigenvalue weighted by atomic mass is 32.2. The Kier molecular flexibility index (Phi) is 3.06. The number of sulfone groups is 1. The monoisotopic (exact) mass is 244 g/mol. The van der Waals surface area contributed by atoms with Gasteiger partial charge in [0.25, 0.3) is 0 Å². The Morgan fingerprint density at radius 1 is 1.44 bits per heavy atom. The number of allylic oxidation sites excluding steroid dienone is 1. The molecule has 0 aromatic heterocycles. The van der Waals surface area contributed by atoms with Crippen LogP contribution < -0.4 is 0 Å². The molecule has 0 N–H and O–H groups in total. The second-order valence-corrected chi connectivity index (χ2v) is 6.66. The summed E-state index contributed by atoms with van der Waals surface area (Å²) >= 11 is 0. The lowest BCUT2D eigenvalue weighted by molar-refractivity contribution is -0.139. The van der Waals surface area contributed by atoms with Gasteiger partial charge in [-0.3, -0.25) is 4.79 Å². The number of ether oxygens (including phenoxy) is 1. The van der Waals surface area contributed by atoms with E-state index in [0.717, 1.165) is 25.7 Å². The molecule has 16 heavy (non-hydrogen) atoms. The second kappa shape index (κ2) is 4.20. The number of esters is 1. The third-order valence-electron chi connectivity index (χ3n) is 3.34. The zero-order valence-electron chi connectivity index (χ0n) is 9.31. The van der Waals surface area contributed by atoms with Crippen molar-refractivity contribution < 1.29 is 17.9 Å². The van der Waals surface area contributed by atoms with Crippen molar-refractivity contribution in [3.05, 3.63) is 11.0 Å². The molecule has 5 heteroatoms. The summed E-state index contributed by atoms with van der Waals surface area (Å²) in [5.74, 6) is -0.296. The van der Waals surface area contributed by atoms with E-state index in [1.54, 1.807) is 6.08 Å². The summed E-state index contributed by atoms with van der Waals surface area (Å²) in [6, 6.07) is 0. The first-order valence-electron chi connectivity index (χ1n) is 5.60. The molecule has 1 aliphatic heterocycles. The minimum Gasteiger partial charge on any atom is -0.460 e. The summed E-state index contributed by atoms with van der Waals surface area (Å²) in [7, 11) is -3.20. The van der Waals surface area contributed by atoms with Gasteiger partial charge < -0.3 is 4.74 Å². The van der Waals surface area contributed by atoms with E-state index in [4.69, 9.17) is 4.74 Å². The third kappa shape index (κ3) is 2.00. The molecule has 0 bridgehead atoms. The van der Waals surface area contributed by atoms with Gasteiger partial charge in [0.2, 0.25) is 0 Å². The molecule has 2 unspecified atom stereocenters. The Bertz CT molecular complexity index is 421. The van der Waals surface area contributed by atoms with Crippen molar-refractivity contribution in [2.45, 2.75) is 37.9 Å². The average Bonchev–Trinajstić information content (AvgIpc) is 2.48. The van der Waals surface area contributed by atoms with Crippen LogP contribution in [0.25, 0.3) is 0 Å². The van der Waals surface area contributed by atoms with Crippen LogP contribution in [0.4, 0.5) is 0 Å². The van der Waals surface area contributed by atoms with Gasteiger partial charge in [0.15, 0.2) is 9.84 Å². The smallest absolute Gasteiger partial charge is 0.302 e. The lowest BCUT2D eigenvalue weighted by atomic mass is 9.89. The maximum Gasteiger partial charge on any atom is 0.302 e. The van der Waals surface area contributed by atoms with E-state index in [1.165, 1.54) is 6.92 Å². The fraction of sp³-hybridized carbons (Fsp3) is 0.727. The molecule has 0 radical (unpaired) electrons. The molecular weight excluding hydrogens is 228 g/mol. The molecule has 2 rings (SSSR count). The largest absolute Gasteiger partial charge is 0.460 e. The van der Waals surface area contributed by atoms with E-state index in [9.17, 15) is 13.2 Å². The quantitative estimate of drug-likeness (QED) is 0.689. The first-order valence-corrected chi connectivity index (χ1v) is 7.14. The molecule has 90 valence electrons. The third-order valence-corrected chi connectivity index (χ3v) is 5.70. The Morgan fingerprint density at radius 3 is 2.75 bits per heavy atom.